The van der Waals surface area contributed by atoms with Gasteiger partial charge in [-0.2, -0.15) is 5.10 Å². The molecular weight excluding hydrogens is 304 g/mol. The Morgan fingerprint density at radius 2 is 2.12 bits per heavy atom. The molecule has 0 aliphatic carbocycles. The molecule has 0 radical (unpaired) electrons. The molecule has 0 fully saturated rings. The Bertz CT molecular complexity index is 754. The number of pyridine rings is 1. The number of ether oxygens (including phenoxy) is 1. The molecule has 3 aromatic rings. The number of aromatic nitrogens is 3. The second-order valence-corrected chi connectivity index (χ2v) is 6.01. The summed E-state index contributed by atoms with van der Waals surface area (Å²) in [5.74, 6) is 0.964. The molecule has 0 unspecified atom stereocenters. The highest BCUT2D eigenvalue weighted by Crippen LogP contribution is 2.17. The number of nitrogens with zero attached hydrogens (tertiary/aromatic N) is 4. The molecule has 0 amide bonds. The van der Waals surface area contributed by atoms with E-state index in [1.54, 1.807) is 12.5 Å². The number of furan rings is 1. The number of hydrogen-bond donors (Lipinski definition) is 0. The standard InChI is InChI=1S/C18H20N4O2/c1-2-7-19-15(4-1)14-24-18-12-21(11-17-5-3-9-23-17)10-16-6-8-20-22(16)13-18/h1-9,18H,10-14H2/t18-/m0/s1. The molecule has 1 aliphatic heterocycles. The lowest BCUT2D eigenvalue weighted by Crippen LogP contribution is -2.32. The second-order valence-electron chi connectivity index (χ2n) is 6.01. The number of rotatable bonds is 5. The van der Waals surface area contributed by atoms with Crippen LogP contribution in [0.25, 0.3) is 0 Å². The molecule has 1 aliphatic rings. The van der Waals surface area contributed by atoms with E-state index in [-0.39, 0.29) is 6.10 Å². The third-order valence-corrected chi connectivity index (χ3v) is 4.18. The van der Waals surface area contributed by atoms with Gasteiger partial charge in [-0.15, -0.1) is 0 Å². The molecule has 0 saturated heterocycles. The molecule has 0 bridgehead atoms. The molecule has 124 valence electrons. The van der Waals surface area contributed by atoms with Gasteiger partial charge in [0.2, 0.25) is 0 Å². The Kier molecular flexibility index (Phi) is 4.40. The first kappa shape index (κ1) is 15.1. The van der Waals surface area contributed by atoms with Gasteiger partial charge in [-0.1, -0.05) is 6.07 Å². The normalized spacial score (nSPS) is 18.2. The fourth-order valence-electron chi connectivity index (χ4n) is 3.03. The summed E-state index contributed by atoms with van der Waals surface area (Å²) in [6.45, 7) is 3.70. The van der Waals surface area contributed by atoms with Gasteiger partial charge in [0.15, 0.2) is 0 Å². The average Bonchev–Trinajstić information content (AvgIpc) is 3.23. The van der Waals surface area contributed by atoms with Crippen LogP contribution in [0.4, 0.5) is 0 Å². The first-order valence-electron chi connectivity index (χ1n) is 8.14. The summed E-state index contributed by atoms with van der Waals surface area (Å²) in [5, 5.41) is 4.42. The molecule has 0 saturated carbocycles. The summed E-state index contributed by atoms with van der Waals surface area (Å²) in [4.78, 5) is 6.66. The highest BCUT2D eigenvalue weighted by Gasteiger charge is 2.23. The summed E-state index contributed by atoms with van der Waals surface area (Å²) in [7, 11) is 0. The van der Waals surface area contributed by atoms with Crippen LogP contribution in [0.15, 0.2) is 59.5 Å². The van der Waals surface area contributed by atoms with Crippen molar-refractivity contribution in [3.05, 3.63) is 72.2 Å². The van der Waals surface area contributed by atoms with Crippen LogP contribution in [-0.2, 0) is 31.0 Å². The summed E-state index contributed by atoms with van der Waals surface area (Å²) < 4.78 is 13.7. The van der Waals surface area contributed by atoms with E-state index in [0.29, 0.717) is 6.61 Å². The molecule has 24 heavy (non-hydrogen) atoms. The lowest BCUT2D eigenvalue weighted by molar-refractivity contribution is 0.00476. The minimum Gasteiger partial charge on any atom is -0.468 e. The van der Waals surface area contributed by atoms with Gasteiger partial charge < -0.3 is 9.15 Å². The fourth-order valence-corrected chi connectivity index (χ4v) is 3.03. The van der Waals surface area contributed by atoms with E-state index in [4.69, 9.17) is 9.15 Å². The molecule has 4 heterocycles. The van der Waals surface area contributed by atoms with E-state index in [9.17, 15) is 0 Å². The van der Waals surface area contributed by atoms with E-state index in [2.05, 4.69) is 21.0 Å². The van der Waals surface area contributed by atoms with Crippen molar-refractivity contribution in [1.29, 1.82) is 0 Å². The van der Waals surface area contributed by atoms with Crippen molar-refractivity contribution >= 4 is 0 Å². The Morgan fingerprint density at radius 3 is 2.96 bits per heavy atom. The van der Waals surface area contributed by atoms with Crippen molar-refractivity contribution in [3.63, 3.8) is 0 Å². The maximum absolute atomic E-state index is 6.13. The second kappa shape index (κ2) is 6.98. The van der Waals surface area contributed by atoms with Gasteiger partial charge in [-0.3, -0.25) is 14.6 Å². The lowest BCUT2D eigenvalue weighted by Gasteiger charge is -2.23. The van der Waals surface area contributed by atoms with Crippen molar-refractivity contribution in [3.8, 4) is 0 Å². The predicted octanol–water partition coefficient (Wildman–Crippen LogP) is 2.47. The maximum Gasteiger partial charge on any atom is 0.117 e. The van der Waals surface area contributed by atoms with E-state index in [1.807, 2.05) is 41.2 Å². The molecule has 0 spiro atoms. The molecule has 0 aromatic carbocycles. The van der Waals surface area contributed by atoms with Gasteiger partial charge >= 0.3 is 0 Å². The summed E-state index contributed by atoms with van der Waals surface area (Å²) >= 11 is 0. The van der Waals surface area contributed by atoms with Gasteiger partial charge in [0.1, 0.15) is 5.76 Å². The summed E-state index contributed by atoms with van der Waals surface area (Å²) in [5.41, 5.74) is 2.14. The fraction of sp³-hybridized carbons (Fsp3) is 0.333. The molecule has 6 heteroatoms. The lowest BCUT2D eigenvalue weighted by atomic mass is 10.3. The number of hydrogen-bond acceptors (Lipinski definition) is 5. The van der Waals surface area contributed by atoms with E-state index < -0.39 is 0 Å². The summed E-state index contributed by atoms with van der Waals surface area (Å²) in [6.07, 6.45) is 5.41. The zero-order valence-corrected chi connectivity index (χ0v) is 13.4. The van der Waals surface area contributed by atoms with Gasteiger partial charge in [0.25, 0.3) is 0 Å². The molecule has 1 atom stereocenters. The van der Waals surface area contributed by atoms with Crippen LogP contribution in [0.2, 0.25) is 0 Å². The first-order valence-corrected chi connectivity index (χ1v) is 8.14. The quantitative estimate of drug-likeness (QED) is 0.722. The zero-order valence-electron chi connectivity index (χ0n) is 13.4. The number of fused-ring (bicyclic) bond motifs is 1. The van der Waals surface area contributed by atoms with Gasteiger partial charge in [0, 0.05) is 25.5 Å². The van der Waals surface area contributed by atoms with E-state index >= 15 is 0 Å². The van der Waals surface area contributed by atoms with Crippen molar-refractivity contribution < 1.29 is 9.15 Å². The maximum atomic E-state index is 6.13. The Balaban J connectivity index is 1.46. The third-order valence-electron chi connectivity index (χ3n) is 4.18. The minimum atomic E-state index is 0.0584. The monoisotopic (exact) mass is 324 g/mol. The van der Waals surface area contributed by atoms with Gasteiger partial charge in [0.05, 0.1) is 43.5 Å². The van der Waals surface area contributed by atoms with Crippen LogP contribution in [-0.4, -0.2) is 32.3 Å². The smallest absolute Gasteiger partial charge is 0.117 e. The largest absolute Gasteiger partial charge is 0.468 e. The van der Waals surface area contributed by atoms with E-state index in [0.717, 1.165) is 37.6 Å². The van der Waals surface area contributed by atoms with Crippen LogP contribution in [0.3, 0.4) is 0 Å². The van der Waals surface area contributed by atoms with Crippen molar-refractivity contribution in [1.82, 2.24) is 19.7 Å². The van der Waals surface area contributed by atoms with Crippen LogP contribution < -0.4 is 0 Å². The molecular formula is C18H20N4O2. The molecule has 4 rings (SSSR count). The SMILES string of the molecule is c1ccc(CO[C@H]2CN(Cc3ccco3)Cc3ccnn3C2)nc1. The molecule has 3 aromatic heterocycles. The summed E-state index contributed by atoms with van der Waals surface area (Å²) in [6, 6.07) is 11.9. The zero-order chi connectivity index (χ0) is 16.2. The van der Waals surface area contributed by atoms with Crippen molar-refractivity contribution in [2.45, 2.75) is 32.3 Å². The van der Waals surface area contributed by atoms with Crippen molar-refractivity contribution in [2.24, 2.45) is 0 Å². The average molecular weight is 324 g/mol. The van der Waals surface area contributed by atoms with Crippen LogP contribution >= 0.6 is 0 Å². The van der Waals surface area contributed by atoms with Crippen LogP contribution in [0.1, 0.15) is 17.1 Å². The Labute approximate surface area is 140 Å². The van der Waals surface area contributed by atoms with E-state index in [1.165, 1.54) is 5.69 Å². The Hall–Kier alpha value is -2.44. The van der Waals surface area contributed by atoms with Gasteiger partial charge in [-0.05, 0) is 30.3 Å². The first-order chi connectivity index (χ1) is 11.9. The Morgan fingerprint density at radius 1 is 1.12 bits per heavy atom. The molecule has 6 nitrogen and oxygen atoms in total. The van der Waals surface area contributed by atoms with Gasteiger partial charge in [-0.25, -0.2) is 0 Å². The minimum absolute atomic E-state index is 0.0584. The predicted molar refractivity (Wildman–Crippen MR) is 87.9 cm³/mol. The van der Waals surface area contributed by atoms with Crippen molar-refractivity contribution in [2.75, 3.05) is 6.54 Å². The van der Waals surface area contributed by atoms with Crippen LogP contribution in [0, 0.1) is 0 Å². The topological polar surface area (TPSA) is 56.3 Å². The van der Waals surface area contributed by atoms with Crippen LogP contribution in [0.5, 0.6) is 0 Å². The molecule has 0 N–H and O–H groups in total. The third kappa shape index (κ3) is 3.55. The highest BCUT2D eigenvalue weighted by atomic mass is 16.5. The highest BCUT2D eigenvalue weighted by molar-refractivity contribution is 5.05.